The summed E-state index contributed by atoms with van der Waals surface area (Å²) in [5, 5.41) is 2.23. The second-order valence-electron chi connectivity index (χ2n) is 8.80. The highest BCUT2D eigenvalue weighted by atomic mass is 79.9. The van der Waals surface area contributed by atoms with Crippen LogP contribution in [0.4, 0.5) is 10.5 Å². The molecule has 0 bridgehead atoms. The maximum atomic E-state index is 13.0. The molecule has 1 saturated heterocycles. The van der Waals surface area contributed by atoms with Crippen molar-refractivity contribution in [1.29, 1.82) is 0 Å². The van der Waals surface area contributed by atoms with E-state index in [2.05, 4.69) is 27.8 Å². The molecular weight excluding hydrogens is 580 g/mol. The SMILES string of the molecule is C=CCc1cc(/C=C2\SC(=O)N(CC(=O)Nc3cccc(C)c3)C2=O)cc(OC)c1OCc1ccc(Br)cc1. The fourth-order valence-corrected chi connectivity index (χ4v) is 5.08. The maximum absolute atomic E-state index is 13.0. The number of halogens is 1. The van der Waals surface area contributed by atoms with E-state index in [0.29, 0.717) is 35.8 Å². The summed E-state index contributed by atoms with van der Waals surface area (Å²) >= 11 is 4.23. The van der Waals surface area contributed by atoms with Crippen molar-refractivity contribution in [2.24, 2.45) is 0 Å². The van der Waals surface area contributed by atoms with Crippen LogP contribution in [-0.4, -0.2) is 35.6 Å². The number of thioether (sulfide) groups is 1. The van der Waals surface area contributed by atoms with Crippen LogP contribution in [0.1, 0.15) is 22.3 Å². The molecule has 1 aliphatic heterocycles. The average Bonchev–Trinajstić information content (AvgIpc) is 3.16. The maximum Gasteiger partial charge on any atom is 0.294 e. The molecule has 200 valence electrons. The van der Waals surface area contributed by atoms with Crippen LogP contribution in [0.3, 0.4) is 0 Å². The monoisotopic (exact) mass is 606 g/mol. The lowest BCUT2D eigenvalue weighted by atomic mass is 10.0. The number of anilines is 1. The summed E-state index contributed by atoms with van der Waals surface area (Å²) in [6, 6.07) is 18.7. The molecular formula is C30H27BrN2O5S. The standard InChI is InChI=1S/C30H27BrN2O5S/c1-4-6-22-14-21(15-25(37-3)28(22)38-18-20-9-11-23(31)12-10-20)16-26-29(35)33(30(36)39-26)17-27(34)32-24-8-5-7-19(2)13-24/h4-5,7-16H,1,6,17-18H2,2-3H3,(H,32,34)/b26-16-. The van der Waals surface area contributed by atoms with Crippen LogP contribution >= 0.6 is 27.7 Å². The van der Waals surface area contributed by atoms with E-state index >= 15 is 0 Å². The van der Waals surface area contributed by atoms with Gasteiger partial charge in [0.25, 0.3) is 11.1 Å². The van der Waals surface area contributed by atoms with E-state index in [9.17, 15) is 14.4 Å². The second-order valence-corrected chi connectivity index (χ2v) is 10.7. The van der Waals surface area contributed by atoms with Crippen LogP contribution in [-0.2, 0) is 22.6 Å². The van der Waals surface area contributed by atoms with Crippen molar-refractivity contribution in [3.63, 3.8) is 0 Å². The zero-order chi connectivity index (χ0) is 27.9. The van der Waals surface area contributed by atoms with E-state index < -0.39 is 17.1 Å². The summed E-state index contributed by atoms with van der Waals surface area (Å²) in [5.74, 6) is 0.100. The third-order valence-electron chi connectivity index (χ3n) is 5.81. The number of rotatable bonds is 10. The second kappa shape index (κ2) is 12.8. The summed E-state index contributed by atoms with van der Waals surface area (Å²) in [4.78, 5) is 39.3. The Hall–Kier alpha value is -3.82. The summed E-state index contributed by atoms with van der Waals surface area (Å²) in [6.07, 6.45) is 3.89. The van der Waals surface area contributed by atoms with Gasteiger partial charge < -0.3 is 14.8 Å². The molecule has 0 saturated carbocycles. The molecule has 0 unspecified atom stereocenters. The topological polar surface area (TPSA) is 84.9 Å². The van der Waals surface area contributed by atoms with E-state index in [4.69, 9.17) is 9.47 Å². The number of aryl methyl sites for hydroxylation is 1. The molecule has 1 aliphatic rings. The Morgan fingerprint density at radius 3 is 2.59 bits per heavy atom. The van der Waals surface area contributed by atoms with Crippen molar-refractivity contribution < 1.29 is 23.9 Å². The van der Waals surface area contributed by atoms with Gasteiger partial charge in [0.15, 0.2) is 11.5 Å². The number of nitrogens with one attached hydrogen (secondary N) is 1. The van der Waals surface area contributed by atoms with Gasteiger partial charge in [-0.1, -0.05) is 46.3 Å². The highest BCUT2D eigenvalue weighted by Crippen LogP contribution is 2.37. The fraction of sp³-hybridized carbons (Fsp3) is 0.167. The third-order valence-corrected chi connectivity index (χ3v) is 7.25. The first-order valence-electron chi connectivity index (χ1n) is 12.1. The minimum atomic E-state index is -0.524. The van der Waals surface area contributed by atoms with Crippen molar-refractivity contribution in [2.75, 3.05) is 19.0 Å². The molecule has 0 radical (unpaired) electrons. The number of allylic oxidation sites excluding steroid dienone is 1. The molecule has 3 aromatic rings. The lowest BCUT2D eigenvalue weighted by Crippen LogP contribution is -2.36. The highest BCUT2D eigenvalue weighted by molar-refractivity contribution is 9.10. The predicted molar refractivity (Wildman–Crippen MR) is 158 cm³/mol. The van der Waals surface area contributed by atoms with Crippen LogP contribution < -0.4 is 14.8 Å². The number of imide groups is 1. The van der Waals surface area contributed by atoms with Gasteiger partial charge in [-0.15, -0.1) is 6.58 Å². The first-order valence-corrected chi connectivity index (χ1v) is 13.7. The number of carbonyl (C=O) groups is 3. The zero-order valence-corrected chi connectivity index (χ0v) is 23.9. The molecule has 0 spiro atoms. The van der Waals surface area contributed by atoms with E-state index in [-0.39, 0.29) is 11.4 Å². The molecule has 0 atom stereocenters. The van der Waals surface area contributed by atoms with Gasteiger partial charge in [0.1, 0.15) is 13.2 Å². The van der Waals surface area contributed by atoms with Gasteiger partial charge in [0.05, 0.1) is 12.0 Å². The van der Waals surface area contributed by atoms with Gasteiger partial charge in [-0.05, 0) is 84.3 Å². The molecule has 7 nitrogen and oxygen atoms in total. The van der Waals surface area contributed by atoms with Gasteiger partial charge >= 0.3 is 0 Å². The van der Waals surface area contributed by atoms with Gasteiger partial charge in [-0.3, -0.25) is 19.3 Å². The largest absolute Gasteiger partial charge is 0.493 e. The first kappa shape index (κ1) is 28.2. The van der Waals surface area contributed by atoms with Crippen molar-refractivity contribution in [3.05, 3.63) is 105 Å². The van der Waals surface area contributed by atoms with Crippen LogP contribution in [0, 0.1) is 6.92 Å². The molecule has 4 rings (SSSR count). The van der Waals surface area contributed by atoms with Crippen molar-refractivity contribution in [1.82, 2.24) is 4.90 Å². The lowest BCUT2D eigenvalue weighted by molar-refractivity contribution is -0.127. The number of amides is 3. The van der Waals surface area contributed by atoms with E-state index in [0.717, 1.165) is 37.8 Å². The summed E-state index contributed by atoms with van der Waals surface area (Å²) < 4.78 is 12.7. The van der Waals surface area contributed by atoms with Crippen molar-refractivity contribution >= 4 is 56.5 Å². The average molecular weight is 608 g/mol. The number of hydrogen-bond acceptors (Lipinski definition) is 6. The lowest BCUT2D eigenvalue weighted by Gasteiger charge is -2.16. The summed E-state index contributed by atoms with van der Waals surface area (Å²) in [7, 11) is 1.55. The molecule has 3 amide bonds. The van der Waals surface area contributed by atoms with E-state index in [1.54, 1.807) is 31.4 Å². The van der Waals surface area contributed by atoms with Gasteiger partial charge in [0, 0.05) is 15.7 Å². The molecule has 1 N–H and O–H groups in total. The summed E-state index contributed by atoms with van der Waals surface area (Å²) in [5.41, 5.74) is 4.07. The molecule has 0 aromatic heterocycles. The normalized spacial score (nSPS) is 14.0. The van der Waals surface area contributed by atoms with E-state index in [1.807, 2.05) is 55.5 Å². The number of methoxy groups -OCH3 is 1. The number of benzene rings is 3. The smallest absolute Gasteiger partial charge is 0.294 e. The number of nitrogens with zero attached hydrogens (tertiary/aromatic N) is 1. The first-order chi connectivity index (χ1) is 18.8. The van der Waals surface area contributed by atoms with Crippen LogP contribution in [0.5, 0.6) is 11.5 Å². The van der Waals surface area contributed by atoms with Crippen LogP contribution in [0.15, 0.2) is 82.7 Å². The molecule has 3 aromatic carbocycles. The number of ether oxygens (including phenoxy) is 2. The Balaban J connectivity index is 1.52. The molecule has 39 heavy (non-hydrogen) atoms. The molecule has 0 aliphatic carbocycles. The minimum absolute atomic E-state index is 0.221. The Bertz CT molecular complexity index is 1450. The van der Waals surface area contributed by atoms with E-state index in [1.165, 1.54) is 0 Å². The Morgan fingerprint density at radius 1 is 1.13 bits per heavy atom. The van der Waals surface area contributed by atoms with Gasteiger partial charge in [0.2, 0.25) is 5.91 Å². The number of carbonyl (C=O) groups excluding carboxylic acids is 3. The fourth-order valence-electron chi connectivity index (χ4n) is 3.98. The number of hydrogen-bond donors (Lipinski definition) is 1. The molecule has 9 heteroatoms. The van der Waals surface area contributed by atoms with Gasteiger partial charge in [-0.2, -0.15) is 0 Å². The third kappa shape index (κ3) is 7.19. The minimum Gasteiger partial charge on any atom is -0.493 e. The highest BCUT2D eigenvalue weighted by Gasteiger charge is 2.36. The molecule has 1 heterocycles. The van der Waals surface area contributed by atoms with Crippen LogP contribution in [0.25, 0.3) is 6.08 Å². The quantitative estimate of drug-likeness (QED) is 0.203. The van der Waals surface area contributed by atoms with Crippen molar-refractivity contribution in [3.8, 4) is 11.5 Å². The summed E-state index contributed by atoms with van der Waals surface area (Å²) in [6.45, 7) is 5.73. The van der Waals surface area contributed by atoms with Gasteiger partial charge in [-0.25, -0.2) is 0 Å². The van der Waals surface area contributed by atoms with Crippen LogP contribution in [0.2, 0.25) is 0 Å². The zero-order valence-electron chi connectivity index (χ0n) is 21.5. The van der Waals surface area contributed by atoms with Crippen molar-refractivity contribution in [2.45, 2.75) is 20.0 Å². The Kier molecular flexibility index (Phi) is 9.27. The Labute approximate surface area is 240 Å². The molecule has 1 fully saturated rings. The predicted octanol–water partition coefficient (Wildman–Crippen LogP) is 6.75. The Morgan fingerprint density at radius 2 is 1.90 bits per heavy atom.